The number of nitrogens with zero attached hydrogens (tertiary/aromatic N) is 2. The van der Waals surface area contributed by atoms with Gasteiger partial charge in [-0.1, -0.05) is 66.2 Å². The molecular weight excluding hydrogens is 348 g/mol. The van der Waals surface area contributed by atoms with Gasteiger partial charge in [0.2, 0.25) is 0 Å². The number of rotatable bonds is 4. The summed E-state index contributed by atoms with van der Waals surface area (Å²) in [5.41, 5.74) is 3.20. The van der Waals surface area contributed by atoms with Crippen LogP contribution in [0.2, 0.25) is 5.02 Å². The molecule has 3 unspecified atom stereocenters. The molecule has 5 heteroatoms. The summed E-state index contributed by atoms with van der Waals surface area (Å²) < 4.78 is 5.01. The van der Waals surface area contributed by atoms with Gasteiger partial charge in [0.25, 0.3) is 0 Å². The Morgan fingerprint density at radius 1 is 0.923 bits per heavy atom. The maximum absolute atomic E-state index is 12.2. The average molecular weight is 365 g/mol. The van der Waals surface area contributed by atoms with Gasteiger partial charge in [-0.15, -0.1) is 0 Å². The topological polar surface area (TPSA) is 52.1 Å². The van der Waals surface area contributed by atoms with Gasteiger partial charge >= 0.3 is 5.97 Å². The first-order valence-electron chi connectivity index (χ1n) is 8.39. The van der Waals surface area contributed by atoms with E-state index in [1.54, 1.807) is 12.4 Å². The van der Waals surface area contributed by atoms with E-state index in [0.29, 0.717) is 10.8 Å². The van der Waals surface area contributed by atoms with Gasteiger partial charge in [0.15, 0.2) is 5.82 Å². The van der Waals surface area contributed by atoms with Crippen LogP contribution in [0.3, 0.4) is 0 Å². The van der Waals surface area contributed by atoms with E-state index < -0.39 is 0 Å². The van der Waals surface area contributed by atoms with Gasteiger partial charge < -0.3 is 4.74 Å². The highest BCUT2D eigenvalue weighted by atomic mass is 35.5. The Hall–Kier alpha value is -2.72. The number of methoxy groups -OCH3 is 1. The summed E-state index contributed by atoms with van der Waals surface area (Å²) in [6, 6.07) is 18.1. The summed E-state index contributed by atoms with van der Waals surface area (Å²) in [5, 5.41) is 0.509. The van der Waals surface area contributed by atoms with Crippen molar-refractivity contribution in [1.82, 2.24) is 9.97 Å². The third-order valence-electron chi connectivity index (χ3n) is 4.85. The second-order valence-corrected chi connectivity index (χ2v) is 6.79. The van der Waals surface area contributed by atoms with Gasteiger partial charge in [-0.3, -0.25) is 4.79 Å². The van der Waals surface area contributed by atoms with Crippen molar-refractivity contribution >= 4 is 17.6 Å². The smallest absolute Gasteiger partial charge is 0.309 e. The molecule has 1 aromatic heterocycles. The van der Waals surface area contributed by atoms with Crippen LogP contribution in [-0.4, -0.2) is 23.0 Å². The van der Waals surface area contributed by atoms with Crippen LogP contribution in [0.4, 0.5) is 0 Å². The van der Waals surface area contributed by atoms with E-state index in [4.69, 9.17) is 16.3 Å². The number of ether oxygens (including phenoxy) is 1. The average Bonchev–Trinajstić information content (AvgIpc) is 3.44. The number of esters is 1. The fourth-order valence-electron chi connectivity index (χ4n) is 3.56. The summed E-state index contributed by atoms with van der Waals surface area (Å²) in [6.07, 6.45) is 3.16. The minimum Gasteiger partial charge on any atom is -0.469 e. The van der Waals surface area contributed by atoms with E-state index in [9.17, 15) is 4.79 Å². The number of carbonyl (C=O) groups is 1. The predicted octanol–water partition coefficient (Wildman–Crippen LogP) is 4.47. The Bertz CT molecular complexity index is 911. The summed E-state index contributed by atoms with van der Waals surface area (Å²) in [6.45, 7) is 0. The lowest BCUT2D eigenvalue weighted by molar-refractivity contribution is -0.142. The van der Waals surface area contributed by atoms with E-state index in [0.717, 1.165) is 16.7 Å². The Morgan fingerprint density at radius 3 is 2.08 bits per heavy atom. The van der Waals surface area contributed by atoms with Gasteiger partial charge in [-0.05, 0) is 11.1 Å². The summed E-state index contributed by atoms with van der Waals surface area (Å²) in [5.74, 6) is 0.612. The highest BCUT2D eigenvalue weighted by Crippen LogP contribution is 2.60. The summed E-state index contributed by atoms with van der Waals surface area (Å²) in [4.78, 5) is 20.7. The number of halogens is 1. The molecule has 1 aliphatic rings. The van der Waals surface area contributed by atoms with E-state index in [1.165, 1.54) is 7.11 Å². The molecule has 0 spiro atoms. The molecule has 0 aliphatic heterocycles. The van der Waals surface area contributed by atoms with Crippen LogP contribution in [0.25, 0.3) is 11.4 Å². The molecule has 3 aromatic rings. The SMILES string of the molecule is COC(=O)C1C(c2ccccc2)C1c1ccc(-c2ncc(Cl)cn2)cc1. The first-order valence-corrected chi connectivity index (χ1v) is 8.77. The maximum atomic E-state index is 12.2. The molecule has 1 heterocycles. The van der Waals surface area contributed by atoms with Gasteiger partial charge in [0.05, 0.1) is 18.1 Å². The zero-order chi connectivity index (χ0) is 18.1. The zero-order valence-corrected chi connectivity index (χ0v) is 14.9. The lowest BCUT2D eigenvalue weighted by Gasteiger charge is -2.04. The van der Waals surface area contributed by atoms with Crippen molar-refractivity contribution < 1.29 is 9.53 Å². The van der Waals surface area contributed by atoms with E-state index in [-0.39, 0.29) is 23.7 Å². The molecule has 1 saturated carbocycles. The number of hydrogen-bond acceptors (Lipinski definition) is 4. The van der Waals surface area contributed by atoms with Gasteiger partial charge in [0.1, 0.15) is 0 Å². The zero-order valence-electron chi connectivity index (χ0n) is 14.2. The quantitative estimate of drug-likeness (QED) is 0.641. The highest BCUT2D eigenvalue weighted by Gasteiger charge is 2.56. The Labute approximate surface area is 156 Å². The standard InChI is InChI=1S/C21H17ClN2O2/c1-26-21(25)19-17(13-5-3-2-4-6-13)18(19)14-7-9-15(10-8-14)20-23-11-16(22)12-24-20/h2-12,17-19H,1H3. The molecule has 3 atom stereocenters. The van der Waals surface area contributed by atoms with Crippen LogP contribution >= 0.6 is 11.6 Å². The molecule has 0 bridgehead atoms. The fourth-order valence-corrected chi connectivity index (χ4v) is 3.66. The van der Waals surface area contributed by atoms with E-state index in [2.05, 4.69) is 22.1 Å². The van der Waals surface area contributed by atoms with Crippen molar-refractivity contribution in [2.24, 2.45) is 5.92 Å². The van der Waals surface area contributed by atoms with Crippen LogP contribution in [0.1, 0.15) is 23.0 Å². The van der Waals surface area contributed by atoms with E-state index >= 15 is 0 Å². The van der Waals surface area contributed by atoms with Crippen molar-refractivity contribution in [3.63, 3.8) is 0 Å². The van der Waals surface area contributed by atoms with Crippen molar-refractivity contribution in [1.29, 1.82) is 0 Å². The van der Waals surface area contributed by atoms with Crippen LogP contribution in [0.5, 0.6) is 0 Å². The Balaban J connectivity index is 1.61. The van der Waals surface area contributed by atoms with Crippen molar-refractivity contribution in [3.8, 4) is 11.4 Å². The molecule has 0 N–H and O–H groups in total. The molecular formula is C21H17ClN2O2. The van der Waals surface area contributed by atoms with Crippen molar-refractivity contribution in [2.75, 3.05) is 7.11 Å². The molecule has 4 nitrogen and oxygen atoms in total. The Morgan fingerprint density at radius 2 is 1.50 bits per heavy atom. The van der Waals surface area contributed by atoms with Gasteiger partial charge in [0, 0.05) is 29.8 Å². The van der Waals surface area contributed by atoms with Gasteiger partial charge in [-0.2, -0.15) is 0 Å². The van der Waals surface area contributed by atoms with Crippen LogP contribution in [0, 0.1) is 5.92 Å². The number of benzene rings is 2. The van der Waals surface area contributed by atoms with Crippen LogP contribution in [0.15, 0.2) is 67.0 Å². The Kier molecular flexibility index (Phi) is 4.43. The normalized spacial score (nSPS) is 21.2. The monoisotopic (exact) mass is 364 g/mol. The molecule has 0 radical (unpaired) electrons. The minimum atomic E-state index is -0.158. The molecule has 0 amide bonds. The summed E-state index contributed by atoms with van der Waals surface area (Å²) >= 11 is 5.84. The molecule has 130 valence electrons. The highest BCUT2D eigenvalue weighted by molar-refractivity contribution is 6.30. The third-order valence-corrected chi connectivity index (χ3v) is 5.05. The fraction of sp³-hybridized carbons (Fsp3) is 0.190. The maximum Gasteiger partial charge on any atom is 0.309 e. The number of hydrogen-bond donors (Lipinski definition) is 0. The minimum absolute atomic E-state index is 0.130. The lowest BCUT2D eigenvalue weighted by Crippen LogP contribution is -2.05. The molecule has 0 saturated heterocycles. The number of carbonyl (C=O) groups excluding carboxylic acids is 1. The molecule has 1 aliphatic carbocycles. The lowest BCUT2D eigenvalue weighted by atomic mass is 10.0. The summed E-state index contributed by atoms with van der Waals surface area (Å²) in [7, 11) is 1.45. The molecule has 4 rings (SSSR count). The second kappa shape index (κ2) is 6.89. The first-order chi connectivity index (χ1) is 12.7. The van der Waals surface area contributed by atoms with E-state index in [1.807, 2.05) is 42.5 Å². The first kappa shape index (κ1) is 16.7. The van der Waals surface area contributed by atoms with Gasteiger partial charge in [-0.25, -0.2) is 9.97 Å². The second-order valence-electron chi connectivity index (χ2n) is 6.36. The largest absolute Gasteiger partial charge is 0.469 e. The molecule has 26 heavy (non-hydrogen) atoms. The molecule has 1 fully saturated rings. The van der Waals surface area contributed by atoms with Crippen molar-refractivity contribution in [2.45, 2.75) is 11.8 Å². The predicted molar refractivity (Wildman–Crippen MR) is 99.9 cm³/mol. The van der Waals surface area contributed by atoms with Crippen LogP contribution in [-0.2, 0) is 9.53 Å². The van der Waals surface area contributed by atoms with Crippen molar-refractivity contribution in [3.05, 3.63) is 83.1 Å². The molecule has 2 aromatic carbocycles. The van der Waals surface area contributed by atoms with Crippen LogP contribution < -0.4 is 0 Å². The number of aromatic nitrogens is 2. The third kappa shape index (κ3) is 3.08.